The molecule has 2 rings (SSSR count). The fraction of sp³-hybridized carbons (Fsp3) is 0.618. The molecule has 1 amide bonds. The Labute approximate surface area is 296 Å². The molecule has 17 nitrogen and oxygen atoms in total. The molecule has 0 spiro atoms. The van der Waals surface area contributed by atoms with Crippen molar-refractivity contribution in [2.45, 2.75) is 88.9 Å². The van der Waals surface area contributed by atoms with E-state index < -0.39 is 46.7 Å². The predicted molar refractivity (Wildman–Crippen MR) is 180 cm³/mol. The normalized spacial score (nSPS) is 18.9. The minimum absolute atomic E-state index is 0.0256. The van der Waals surface area contributed by atoms with Gasteiger partial charge in [-0.25, -0.2) is 9.59 Å². The lowest BCUT2D eigenvalue weighted by Crippen LogP contribution is -2.26. The van der Waals surface area contributed by atoms with Crippen molar-refractivity contribution in [3.05, 3.63) is 80.4 Å². The van der Waals surface area contributed by atoms with Crippen molar-refractivity contribution in [1.82, 2.24) is 5.32 Å². The van der Waals surface area contributed by atoms with Gasteiger partial charge < -0.3 is 39.0 Å². The number of nitrogens with zero attached hydrogens (tertiary/aromatic N) is 2. The molecule has 1 aromatic carbocycles. The summed E-state index contributed by atoms with van der Waals surface area (Å²) in [6.07, 6.45) is 7.59. The van der Waals surface area contributed by atoms with Gasteiger partial charge in [-0.1, -0.05) is 48.6 Å². The van der Waals surface area contributed by atoms with E-state index in [0.717, 1.165) is 5.56 Å². The minimum atomic E-state index is -0.949. The number of aliphatic hydroxyl groups is 1. The average molecular weight is 724 g/mol. The van der Waals surface area contributed by atoms with Gasteiger partial charge >= 0.3 is 12.3 Å². The van der Waals surface area contributed by atoms with Gasteiger partial charge in [0.2, 0.25) is 5.91 Å². The number of aryl methyl sites for hydroxylation is 1. The fourth-order valence-electron chi connectivity index (χ4n) is 5.40. The van der Waals surface area contributed by atoms with Gasteiger partial charge in [-0.3, -0.25) is 4.79 Å². The monoisotopic (exact) mass is 723 g/mol. The maximum Gasteiger partial charge on any atom is 0.508 e. The molecule has 2 N–H and O–H groups in total. The highest BCUT2D eigenvalue weighted by atomic mass is 17.0. The van der Waals surface area contributed by atoms with E-state index in [0.29, 0.717) is 64.2 Å². The Morgan fingerprint density at radius 2 is 1.55 bits per heavy atom. The van der Waals surface area contributed by atoms with E-state index >= 15 is 0 Å². The molecule has 0 radical (unpaired) electrons. The highest BCUT2D eigenvalue weighted by Crippen LogP contribution is 2.38. The lowest BCUT2D eigenvalue weighted by Gasteiger charge is -2.23. The van der Waals surface area contributed by atoms with Crippen LogP contribution < -0.4 is 5.32 Å². The molecule has 17 heteroatoms. The molecule has 0 aliphatic heterocycles. The Kier molecular flexibility index (Phi) is 20.8. The van der Waals surface area contributed by atoms with Crippen molar-refractivity contribution in [2.75, 3.05) is 33.5 Å². The first-order valence-electron chi connectivity index (χ1n) is 17.1. The van der Waals surface area contributed by atoms with Crippen LogP contribution in [0.15, 0.2) is 54.6 Å². The van der Waals surface area contributed by atoms with Gasteiger partial charge in [0, 0.05) is 25.8 Å². The van der Waals surface area contributed by atoms with E-state index in [1.807, 2.05) is 42.5 Å². The second-order valence-corrected chi connectivity index (χ2v) is 11.8. The molecule has 51 heavy (non-hydrogen) atoms. The van der Waals surface area contributed by atoms with Crippen LogP contribution in [0.1, 0.15) is 69.8 Å². The maximum absolute atomic E-state index is 12.6. The van der Waals surface area contributed by atoms with Crippen LogP contribution in [0, 0.1) is 32.1 Å². The van der Waals surface area contributed by atoms with Crippen LogP contribution in [0.3, 0.4) is 0 Å². The summed E-state index contributed by atoms with van der Waals surface area (Å²) in [6.45, 7) is -0.322. The van der Waals surface area contributed by atoms with E-state index in [2.05, 4.69) is 15.0 Å². The number of allylic oxidation sites excluding steroid dienone is 2. The summed E-state index contributed by atoms with van der Waals surface area (Å²) in [4.78, 5) is 65.8. The number of benzene rings is 1. The number of amides is 1. The molecule has 5 atom stereocenters. The summed E-state index contributed by atoms with van der Waals surface area (Å²) in [5.74, 6) is -0.902. The van der Waals surface area contributed by atoms with Crippen molar-refractivity contribution in [2.24, 2.45) is 11.8 Å². The van der Waals surface area contributed by atoms with Crippen molar-refractivity contribution < 1.29 is 58.3 Å². The molecule has 284 valence electrons. The smallest absolute Gasteiger partial charge is 0.434 e. The van der Waals surface area contributed by atoms with Crippen LogP contribution in [0.5, 0.6) is 0 Å². The second kappa shape index (κ2) is 25.1. The van der Waals surface area contributed by atoms with Crippen LogP contribution in [0.2, 0.25) is 0 Å². The molecule has 1 aliphatic rings. The standard InChI is InChI=1S/C34H49N3O14/c1-35-32(39)16-8-3-2-7-15-28-29(31(25-30(28)38)51-34(41)47-22-10-12-24-49-37(44)45)20-19-27(18-17-26-13-5-4-6-14-26)50-33(40)46-21-9-11-23-48-36(42)43/h2,4-7,13-14,19-20,27-31,38H,3,8-12,15-18,21-25H2,1H3,(H,35,39)/b7-2-,20-19+/t27-,28+,29+,30-,31+/m0/s1. The molecular formula is C34H49N3O14. The zero-order valence-electron chi connectivity index (χ0n) is 28.8. The minimum Gasteiger partial charge on any atom is -0.434 e. The van der Waals surface area contributed by atoms with E-state index in [1.54, 1.807) is 19.2 Å². The van der Waals surface area contributed by atoms with Gasteiger partial charge in [-0.15, -0.1) is 20.2 Å². The molecule has 0 aromatic heterocycles. The third-order valence-corrected chi connectivity index (χ3v) is 8.03. The third-order valence-electron chi connectivity index (χ3n) is 8.03. The number of hydrogen-bond acceptors (Lipinski definition) is 14. The van der Waals surface area contributed by atoms with Crippen LogP contribution in [-0.4, -0.2) is 85.3 Å². The fourth-order valence-corrected chi connectivity index (χ4v) is 5.40. The zero-order chi connectivity index (χ0) is 37.3. The van der Waals surface area contributed by atoms with Gasteiger partial charge in [-0.2, -0.15) is 0 Å². The maximum atomic E-state index is 12.6. The summed E-state index contributed by atoms with van der Waals surface area (Å²) in [5.41, 5.74) is 1.02. The largest absolute Gasteiger partial charge is 0.508 e. The Morgan fingerprint density at radius 3 is 2.18 bits per heavy atom. The summed E-state index contributed by atoms with van der Waals surface area (Å²) < 4.78 is 21.6. The highest BCUT2D eigenvalue weighted by molar-refractivity contribution is 5.75. The lowest BCUT2D eigenvalue weighted by molar-refractivity contribution is -0.757. The van der Waals surface area contributed by atoms with Gasteiger partial charge in [0.1, 0.15) is 12.2 Å². The number of carbonyl (C=O) groups is 3. The number of rotatable bonds is 25. The molecule has 1 aromatic rings. The SMILES string of the molecule is CNC(=O)CCC/C=C\C[C@@H]1[C@@H](/C=C/[C@H](CCc2ccccc2)OC(=O)OCCCCO[N+](=O)[O-])[C@H](OC(=O)OCCCCO[N+](=O)[O-])C[C@@H]1O. The molecule has 0 bridgehead atoms. The van der Waals surface area contributed by atoms with E-state index in [-0.39, 0.29) is 44.7 Å². The number of aliphatic hydroxyl groups excluding tert-OH is 1. The Morgan fingerprint density at radius 1 is 0.922 bits per heavy atom. The number of carbonyl (C=O) groups excluding carboxylic acids is 3. The van der Waals surface area contributed by atoms with Crippen molar-refractivity contribution in [1.29, 1.82) is 0 Å². The molecule has 1 aliphatic carbocycles. The first kappa shape index (κ1) is 42.2. The van der Waals surface area contributed by atoms with Gasteiger partial charge in [0.05, 0.1) is 32.5 Å². The predicted octanol–water partition coefficient (Wildman–Crippen LogP) is 5.06. The first-order chi connectivity index (χ1) is 24.6. The molecule has 0 unspecified atom stereocenters. The Balaban J connectivity index is 2.12. The van der Waals surface area contributed by atoms with Gasteiger partial charge in [-0.05, 0) is 75.3 Å². The van der Waals surface area contributed by atoms with Crippen LogP contribution in [-0.2, 0) is 39.8 Å². The molecular weight excluding hydrogens is 674 g/mol. The van der Waals surface area contributed by atoms with Gasteiger partial charge in [0.25, 0.3) is 10.2 Å². The quantitative estimate of drug-likeness (QED) is 0.0442. The summed E-state index contributed by atoms with van der Waals surface area (Å²) in [5, 5.41) is 32.4. The van der Waals surface area contributed by atoms with Crippen molar-refractivity contribution >= 4 is 18.2 Å². The average Bonchev–Trinajstić information content (AvgIpc) is 3.39. The topological polar surface area (TPSA) is 225 Å². The van der Waals surface area contributed by atoms with Crippen LogP contribution in [0.4, 0.5) is 9.59 Å². The summed E-state index contributed by atoms with van der Waals surface area (Å²) in [7, 11) is 1.58. The zero-order valence-corrected chi connectivity index (χ0v) is 28.8. The molecule has 0 heterocycles. The van der Waals surface area contributed by atoms with Crippen LogP contribution >= 0.6 is 0 Å². The Bertz CT molecular complexity index is 1260. The Hall–Kier alpha value is -4.93. The van der Waals surface area contributed by atoms with Gasteiger partial charge in [0.15, 0.2) is 0 Å². The summed E-state index contributed by atoms with van der Waals surface area (Å²) >= 11 is 0. The van der Waals surface area contributed by atoms with Crippen molar-refractivity contribution in [3.63, 3.8) is 0 Å². The van der Waals surface area contributed by atoms with Crippen molar-refractivity contribution in [3.8, 4) is 0 Å². The first-order valence-corrected chi connectivity index (χ1v) is 17.1. The summed E-state index contributed by atoms with van der Waals surface area (Å²) in [6, 6.07) is 9.58. The van der Waals surface area contributed by atoms with E-state index in [9.17, 15) is 39.7 Å². The molecule has 1 saturated carbocycles. The number of unbranched alkanes of at least 4 members (excludes halogenated alkanes) is 3. The third kappa shape index (κ3) is 19.2. The van der Waals surface area contributed by atoms with E-state index in [4.69, 9.17) is 18.9 Å². The molecule has 1 fully saturated rings. The number of nitrogens with one attached hydrogen (secondary N) is 1. The highest BCUT2D eigenvalue weighted by Gasteiger charge is 2.43. The number of hydrogen-bond donors (Lipinski definition) is 2. The lowest BCUT2D eigenvalue weighted by atomic mass is 9.89. The number of ether oxygens (including phenoxy) is 4. The van der Waals surface area contributed by atoms with E-state index in [1.165, 1.54) is 0 Å². The van der Waals surface area contributed by atoms with Crippen LogP contribution in [0.25, 0.3) is 0 Å². The second-order valence-electron chi connectivity index (χ2n) is 11.8. The molecule has 0 saturated heterocycles.